The fourth-order valence-electron chi connectivity index (χ4n) is 2.19. The summed E-state index contributed by atoms with van der Waals surface area (Å²) in [6, 6.07) is 0. The molecule has 0 aliphatic carbocycles. The predicted octanol–water partition coefficient (Wildman–Crippen LogP) is -2.23. The molecule has 2 fully saturated rings. The first kappa shape index (κ1) is 13.0. The van der Waals surface area contributed by atoms with Gasteiger partial charge in [0.05, 0.1) is 19.6 Å². The molecule has 2 N–H and O–H groups in total. The average molecular weight is 254 g/mol. The molecule has 2 saturated heterocycles. The summed E-state index contributed by atoms with van der Waals surface area (Å²) >= 11 is 0. The smallest absolute Gasteiger partial charge is 0.240 e. The zero-order valence-electron chi connectivity index (χ0n) is 10.3. The second kappa shape index (κ2) is 5.92. The molecule has 0 aromatic rings. The van der Waals surface area contributed by atoms with E-state index in [-0.39, 0.29) is 37.4 Å². The lowest BCUT2D eigenvalue weighted by molar-refractivity contribution is -0.138. The number of nitrogens with zero attached hydrogens (tertiary/aromatic N) is 2. The number of amides is 3. The van der Waals surface area contributed by atoms with Crippen molar-refractivity contribution >= 4 is 17.7 Å². The number of imide groups is 1. The Morgan fingerprint density at radius 2 is 1.83 bits per heavy atom. The summed E-state index contributed by atoms with van der Waals surface area (Å²) < 4.78 is 0. The molecule has 0 atom stereocenters. The standard InChI is InChI=1S/C11H18N4O3/c16-9-6-14(7-10(17)13-9)8-11(18)15-4-1-2-12-3-5-15/h12H,1-8H2,(H,13,16,17). The third-order valence-electron chi connectivity index (χ3n) is 3.06. The van der Waals surface area contributed by atoms with Crippen LogP contribution in [0.15, 0.2) is 0 Å². The lowest BCUT2D eigenvalue weighted by Crippen LogP contribution is -2.54. The first-order valence-electron chi connectivity index (χ1n) is 6.18. The van der Waals surface area contributed by atoms with E-state index in [9.17, 15) is 14.4 Å². The summed E-state index contributed by atoms with van der Waals surface area (Å²) in [5.74, 6) is -0.686. The number of piperazine rings is 1. The van der Waals surface area contributed by atoms with Crippen molar-refractivity contribution in [2.75, 3.05) is 45.8 Å². The minimum absolute atomic E-state index is 0.0128. The molecule has 7 heteroatoms. The van der Waals surface area contributed by atoms with Crippen LogP contribution >= 0.6 is 0 Å². The quantitative estimate of drug-likeness (QED) is 0.545. The normalized spacial score (nSPS) is 22.6. The van der Waals surface area contributed by atoms with Crippen LogP contribution in [0.5, 0.6) is 0 Å². The van der Waals surface area contributed by atoms with Crippen molar-refractivity contribution in [2.45, 2.75) is 6.42 Å². The van der Waals surface area contributed by atoms with E-state index in [0.717, 1.165) is 26.1 Å². The highest BCUT2D eigenvalue weighted by molar-refractivity contribution is 5.99. The molecule has 2 aliphatic rings. The van der Waals surface area contributed by atoms with E-state index >= 15 is 0 Å². The molecule has 2 rings (SSSR count). The van der Waals surface area contributed by atoms with Gasteiger partial charge in [0, 0.05) is 19.6 Å². The molecule has 0 bridgehead atoms. The van der Waals surface area contributed by atoms with Gasteiger partial charge in [-0.25, -0.2) is 0 Å². The summed E-state index contributed by atoms with van der Waals surface area (Å²) in [6.07, 6.45) is 0.936. The van der Waals surface area contributed by atoms with Crippen molar-refractivity contribution in [3.63, 3.8) is 0 Å². The minimum Gasteiger partial charge on any atom is -0.340 e. The maximum absolute atomic E-state index is 12.0. The van der Waals surface area contributed by atoms with Crippen molar-refractivity contribution in [2.24, 2.45) is 0 Å². The molecular formula is C11H18N4O3. The fourth-order valence-corrected chi connectivity index (χ4v) is 2.19. The van der Waals surface area contributed by atoms with Gasteiger partial charge in [0.25, 0.3) is 0 Å². The summed E-state index contributed by atoms with van der Waals surface area (Å²) in [5, 5.41) is 5.44. The SMILES string of the molecule is O=C1CN(CC(=O)N2CCCNCC2)CC(=O)N1. The lowest BCUT2D eigenvalue weighted by Gasteiger charge is -2.27. The van der Waals surface area contributed by atoms with Gasteiger partial charge in [0.1, 0.15) is 0 Å². The number of hydrogen-bond donors (Lipinski definition) is 2. The van der Waals surface area contributed by atoms with Crippen LogP contribution < -0.4 is 10.6 Å². The largest absolute Gasteiger partial charge is 0.340 e. The van der Waals surface area contributed by atoms with E-state index in [1.54, 1.807) is 9.80 Å². The van der Waals surface area contributed by atoms with Crippen LogP contribution in [0.1, 0.15) is 6.42 Å². The lowest BCUT2D eigenvalue weighted by atomic mass is 10.3. The molecule has 2 heterocycles. The molecular weight excluding hydrogens is 236 g/mol. The molecule has 7 nitrogen and oxygen atoms in total. The molecule has 2 aliphatic heterocycles. The average Bonchev–Trinajstić information content (AvgIpc) is 2.55. The minimum atomic E-state index is -0.336. The van der Waals surface area contributed by atoms with Gasteiger partial charge < -0.3 is 10.2 Å². The van der Waals surface area contributed by atoms with Crippen molar-refractivity contribution in [3.8, 4) is 0 Å². The van der Waals surface area contributed by atoms with Crippen molar-refractivity contribution < 1.29 is 14.4 Å². The highest BCUT2D eigenvalue weighted by atomic mass is 16.2. The Hall–Kier alpha value is -1.47. The Morgan fingerprint density at radius 3 is 2.56 bits per heavy atom. The summed E-state index contributed by atoms with van der Waals surface area (Å²) in [7, 11) is 0. The Morgan fingerprint density at radius 1 is 1.11 bits per heavy atom. The van der Waals surface area contributed by atoms with E-state index in [4.69, 9.17) is 0 Å². The van der Waals surface area contributed by atoms with Crippen LogP contribution in [-0.2, 0) is 14.4 Å². The van der Waals surface area contributed by atoms with E-state index in [0.29, 0.717) is 6.54 Å². The topological polar surface area (TPSA) is 81.8 Å². The zero-order valence-corrected chi connectivity index (χ0v) is 10.3. The molecule has 0 aromatic carbocycles. The van der Waals surface area contributed by atoms with Gasteiger partial charge >= 0.3 is 0 Å². The van der Waals surface area contributed by atoms with Gasteiger partial charge in [-0.05, 0) is 13.0 Å². The number of carbonyl (C=O) groups excluding carboxylic acids is 3. The molecule has 0 unspecified atom stereocenters. The number of rotatable bonds is 2. The number of carbonyl (C=O) groups is 3. The van der Waals surface area contributed by atoms with Gasteiger partial charge in [0.2, 0.25) is 17.7 Å². The summed E-state index contributed by atoms with van der Waals surface area (Å²) in [6.45, 7) is 3.51. The van der Waals surface area contributed by atoms with Crippen LogP contribution in [0.25, 0.3) is 0 Å². The molecule has 18 heavy (non-hydrogen) atoms. The van der Waals surface area contributed by atoms with Gasteiger partial charge in [-0.2, -0.15) is 0 Å². The monoisotopic (exact) mass is 254 g/mol. The predicted molar refractivity (Wildman–Crippen MR) is 63.7 cm³/mol. The van der Waals surface area contributed by atoms with Crippen LogP contribution in [0, 0.1) is 0 Å². The Kier molecular flexibility index (Phi) is 4.27. The summed E-state index contributed by atoms with van der Waals surface area (Å²) in [4.78, 5) is 37.8. The van der Waals surface area contributed by atoms with Crippen LogP contribution in [0.2, 0.25) is 0 Å². The Labute approximate surface area is 105 Å². The molecule has 3 amide bonds. The first-order chi connectivity index (χ1) is 8.65. The summed E-state index contributed by atoms with van der Waals surface area (Å²) in [5.41, 5.74) is 0. The van der Waals surface area contributed by atoms with Crippen LogP contribution in [-0.4, -0.2) is 73.3 Å². The van der Waals surface area contributed by atoms with E-state index < -0.39 is 0 Å². The molecule has 0 radical (unpaired) electrons. The maximum atomic E-state index is 12.0. The van der Waals surface area contributed by atoms with Gasteiger partial charge in [-0.3, -0.25) is 24.6 Å². The second-order valence-electron chi connectivity index (χ2n) is 4.60. The third kappa shape index (κ3) is 3.51. The fraction of sp³-hybridized carbons (Fsp3) is 0.727. The second-order valence-corrected chi connectivity index (χ2v) is 4.60. The van der Waals surface area contributed by atoms with E-state index in [1.807, 2.05) is 0 Å². The highest BCUT2D eigenvalue weighted by Crippen LogP contribution is 2.00. The molecule has 100 valence electrons. The van der Waals surface area contributed by atoms with E-state index in [2.05, 4.69) is 10.6 Å². The van der Waals surface area contributed by atoms with Crippen LogP contribution in [0.3, 0.4) is 0 Å². The number of hydrogen-bond acceptors (Lipinski definition) is 5. The van der Waals surface area contributed by atoms with Crippen molar-refractivity contribution in [1.82, 2.24) is 20.4 Å². The molecule has 0 spiro atoms. The van der Waals surface area contributed by atoms with Gasteiger partial charge in [-0.1, -0.05) is 0 Å². The third-order valence-corrected chi connectivity index (χ3v) is 3.06. The van der Waals surface area contributed by atoms with Crippen molar-refractivity contribution in [1.29, 1.82) is 0 Å². The highest BCUT2D eigenvalue weighted by Gasteiger charge is 2.25. The first-order valence-corrected chi connectivity index (χ1v) is 6.18. The van der Waals surface area contributed by atoms with Crippen molar-refractivity contribution in [3.05, 3.63) is 0 Å². The molecule has 0 aromatic heterocycles. The molecule has 0 saturated carbocycles. The van der Waals surface area contributed by atoms with Crippen LogP contribution in [0.4, 0.5) is 0 Å². The Bertz CT molecular complexity index is 334. The number of nitrogens with one attached hydrogen (secondary N) is 2. The van der Waals surface area contributed by atoms with E-state index in [1.165, 1.54) is 0 Å². The maximum Gasteiger partial charge on any atom is 0.240 e. The van der Waals surface area contributed by atoms with Gasteiger partial charge in [-0.15, -0.1) is 0 Å². The zero-order chi connectivity index (χ0) is 13.0. The van der Waals surface area contributed by atoms with Gasteiger partial charge in [0.15, 0.2) is 0 Å². The Balaban J connectivity index is 1.85.